The van der Waals surface area contributed by atoms with Crippen LogP contribution in [0.1, 0.15) is 0 Å². The van der Waals surface area contributed by atoms with E-state index >= 15 is 0 Å². The van der Waals surface area contributed by atoms with Gasteiger partial charge >= 0.3 is 0 Å². The highest BCUT2D eigenvalue weighted by Gasteiger charge is 2.19. The van der Waals surface area contributed by atoms with Crippen molar-refractivity contribution in [1.29, 1.82) is 0 Å². The molecule has 4 heteroatoms. The van der Waals surface area contributed by atoms with Gasteiger partial charge in [0, 0.05) is 72.5 Å². The van der Waals surface area contributed by atoms with E-state index in [9.17, 15) is 0 Å². The normalized spacial score (nSPS) is 12.0. The summed E-state index contributed by atoms with van der Waals surface area (Å²) < 4.78 is 19.5. The van der Waals surface area contributed by atoms with E-state index in [-0.39, 0.29) is 0 Å². The molecule has 0 fully saturated rings. The number of hydrogen-bond donors (Lipinski definition) is 0. The van der Waals surface area contributed by atoms with Crippen LogP contribution in [0.5, 0.6) is 0 Å². The van der Waals surface area contributed by atoms with Crippen LogP contribution in [0.3, 0.4) is 0 Å². The van der Waals surface area contributed by atoms with Gasteiger partial charge in [-0.2, -0.15) is 0 Å². The Balaban J connectivity index is 1.09. The van der Waals surface area contributed by atoms with E-state index in [1.54, 1.807) is 0 Å². The maximum Gasteiger partial charge on any atom is 0.143 e. The van der Waals surface area contributed by atoms with Gasteiger partial charge in [-0.05, 0) is 83.6 Å². The lowest BCUT2D eigenvalue weighted by Crippen LogP contribution is -2.09. The van der Waals surface area contributed by atoms with E-state index in [0.717, 1.165) is 105 Å². The molecule has 0 amide bonds. The molecule has 0 atom stereocenters. The zero-order valence-corrected chi connectivity index (χ0v) is 26.8. The molecule has 50 heavy (non-hydrogen) atoms. The fraction of sp³-hybridized carbons (Fsp3) is 0. The summed E-state index contributed by atoms with van der Waals surface area (Å²) in [6.45, 7) is 0. The first-order valence-electron chi connectivity index (χ1n) is 16.8. The van der Waals surface area contributed by atoms with Crippen LogP contribution in [-0.4, -0.2) is 0 Å². The van der Waals surface area contributed by atoms with Gasteiger partial charge in [0.25, 0.3) is 0 Å². The predicted octanol–water partition coefficient (Wildman–Crippen LogP) is 13.7. The molecule has 11 rings (SSSR count). The zero-order chi connectivity index (χ0) is 32.8. The second-order valence-electron chi connectivity index (χ2n) is 12.9. The van der Waals surface area contributed by atoms with Gasteiger partial charge in [0.15, 0.2) is 0 Å². The molecule has 0 N–H and O–H groups in total. The number of anilines is 3. The second kappa shape index (κ2) is 10.4. The van der Waals surface area contributed by atoms with Crippen LogP contribution in [-0.2, 0) is 0 Å². The van der Waals surface area contributed by atoms with Crippen LogP contribution in [0.25, 0.3) is 87.7 Å². The van der Waals surface area contributed by atoms with Gasteiger partial charge in [-0.25, -0.2) is 0 Å². The highest BCUT2D eigenvalue weighted by Crippen LogP contribution is 2.43. The molecule has 0 aliphatic heterocycles. The summed E-state index contributed by atoms with van der Waals surface area (Å²) in [5.74, 6) is 0.844. The summed E-state index contributed by atoms with van der Waals surface area (Å²) in [6, 6.07) is 57.2. The third-order valence-electron chi connectivity index (χ3n) is 10.0. The molecule has 0 bridgehead atoms. The lowest BCUT2D eigenvalue weighted by molar-refractivity contribution is 0.631. The smallest absolute Gasteiger partial charge is 0.143 e. The van der Waals surface area contributed by atoms with Crippen molar-refractivity contribution < 1.29 is 13.3 Å². The molecule has 3 heterocycles. The van der Waals surface area contributed by atoms with E-state index in [0.29, 0.717) is 0 Å². The molecule has 234 valence electrons. The summed E-state index contributed by atoms with van der Waals surface area (Å²) in [4.78, 5) is 2.26. The first-order chi connectivity index (χ1) is 24.7. The number of para-hydroxylation sites is 1. The quantitative estimate of drug-likeness (QED) is 0.192. The number of nitrogens with zero attached hydrogens (tertiary/aromatic N) is 1. The van der Waals surface area contributed by atoms with E-state index in [1.165, 1.54) is 0 Å². The molecule has 11 aromatic rings. The van der Waals surface area contributed by atoms with Crippen LogP contribution in [0.2, 0.25) is 0 Å². The van der Waals surface area contributed by atoms with Crippen LogP contribution in [0.4, 0.5) is 17.1 Å². The number of hydrogen-bond acceptors (Lipinski definition) is 4. The molecule has 8 aromatic carbocycles. The van der Waals surface area contributed by atoms with Crippen LogP contribution < -0.4 is 4.90 Å². The molecule has 0 spiro atoms. The summed E-state index contributed by atoms with van der Waals surface area (Å²) >= 11 is 0. The average Bonchev–Trinajstić information content (AvgIpc) is 3.88. The Kier molecular flexibility index (Phi) is 5.63. The number of rotatable bonds is 4. The van der Waals surface area contributed by atoms with Crippen molar-refractivity contribution >= 4 is 93.5 Å². The summed E-state index contributed by atoms with van der Waals surface area (Å²) in [5.41, 5.74) is 8.38. The van der Waals surface area contributed by atoms with Crippen molar-refractivity contribution in [1.82, 2.24) is 0 Å². The van der Waals surface area contributed by atoms with E-state index in [4.69, 9.17) is 13.3 Å². The van der Waals surface area contributed by atoms with Crippen molar-refractivity contribution in [2.75, 3.05) is 4.90 Å². The Labute approximate surface area is 286 Å². The van der Waals surface area contributed by atoms with Crippen molar-refractivity contribution in [3.8, 4) is 11.3 Å². The maximum absolute atomic E-state index is 6.63. The van der Waals surface area contributed by atoms with Gasteiger partial charge in [-0.15, -0.1) is 0 Å². The molecule has 0 aliphatic rings. The molecule has 4 nitrogen and oxygen atoms in total. The summed E-state index contributed by atoms with van der Waals surface area (Å²) in [5, 5.41) is 10.1. The predicted molar refractivity (Wildman–Crippen MR) is 206 cm³/mol. The standard InChI is InChI=1S/C46H27NO3/c1-4-10-35-28(7-1)15-21-39-37-23-19-33(26-43(37)49-45(35)39)47(32-17-13-30(14-18-32)42-25-31-9-3-6-12-41(31)48-42)34-20-24-38-40-22-16-29-8-2-5-11-36(29)46(40)50-44(38)27-34/h1-27H. The van der Waals surface area contributed by atoms with Crippen molar-refractivity contribution in [2.24, 2.45) is 0 Å². The van der Waals surface area contributed by atoms with Crippen LogP contribution in [0.15, 0.2) is 177 Å². The highest BCUT2D eigenvalue weighted by molar-refractivity contribution is 6.17. The highest BCUT2D eigenvalue weighted by atomic mass is 16.3. The first kappa shape index (κ1) is 27.2. The largest absolute Gasteiger partial charge is 0.456 e. The van der Waals surface area contributed by atoms with Crippen LogP contribution >= 0.6 is 0 Å². The van der Waals surface area contributed by atoms with Gasteiger partial charge in [0.05, 0.1) is 0 Å². The minimum atomic E-state index is 0.842. The Hall–Kier alpha value is -6.78. The third kappa shape index (κ3) is 4.06. The summed E-state index contributed by atoms with van der Waals surface area (Å²) in [6.07, 6.45) is 0. The first-order valence-corrected chi connectivity index (χ1v) is 16.8. The van der Waals surface area contributed by atoms with Crippen molar-refractivity contribution in [2.45, 2.75) is 0 Å². The maximum atomic E-state index is 6.63. The average molecular weight is 642 g/mol. The fourth-order valence-corrected chi connectivity index (χ4v) is 7.61. The second-order valence-corrected chi connectivity index (χ2v) is 12.9. The Bertz CT molecular complexity index is 2920. The summed E-state index contributed by atoms with van der Waals surface area (Å²) in [7, 11) is 0. The Morgan fingerprint density at radius 2 is 0.820 bits per heavy atom. The van der Waals surface area contributed by atoms with Gasteiger partial charge in [-0.3, -0.25) is 0 Å². The lowest BCUT2D eigenvalue weighted by atomic mass is 10.0. The van der Waals surface area contributed by atoms with Gasteiger partial charge in [0.1, 0.15) is 33.7 Å². The van der Waals surface area contributed by atoms with Crippen LogP contribution in [0, 0.1) is 0 Å². The zero-order valence-electron chi connectivity index (χ0n) is 26.8. The molecular formula is C46H27NO3. The molecule has 0 saturated heterocycles. The van der Waals surface area contributed by atoms with Gasteiger partial charge < -0.3 is 18.2 Å². The van der Waals surface area contributed by atoms with E-state index < -0.39 is 0 Å². The van der Waals surface area contributed by atoms with E-state index in [1.807, 2.05) is 18.2 Å². The monoisotopic (exact) mass is 641 g/mol. The Morgan fingerprint density at radius 1 is 0.320 bits per heavy atom. The SMILES string of the molecule is c1ccc2oc(-c3ccc(N(c4ccc5c(c4)oc4c6ccccc6ccc54)c4ccc5c(c4)oc4c6ccccc6ccc54)cc3)cc2c1. The van der Waals surface area contributed by atoms with Crippen molar-refractivity contribution in [3.05, 3.63) is 164 Å². The topological polar surface area (TPSA) is 42.7 Å². The molecular weight excluding hydrogens is 615 g/mol. The number of benzene rings is 8. The van der Waals surface area contributed by atoms with Gasteiger partial charge in [0.2, 0.25) is 0 Å². The Morgan fingerprint density at radius 3 is 1.40 bits per heavy atom. The minimum absolute atomic E-state index is 0.842. The van der Waals surface area contributed by atoms with E-state index in [2.05, 4.69) is 150 Å². The molecule has 0 aliphatic carbocycles. The molecule has 0 unspecified atom stereocenters. The minimum Gasteiger partial charge on any atom is -0.456 e. The number of fused-ring (bicyclic) bond motifs is 11. The molecule has 3 aromatic heterocycles. The molecule has 0 radical (unpaired) electrons. The molecule has 0 saturated carbocycles. The third-order valence-corrected chi connectivity index (χ3v) is 10.0. The fourth-order valence-electron chi connectivity index (χ4n) is 7.61. The number of furan rings is 3. The van der Waals surface area contributed by atoms with Gasteiger partial charge in [-0.1, -0.05) is 78.9 Å². The lowest BCUT2D eigenvalue weighted by Gasteiger charge is -2.25. The van der Waals surface area contributed by atoms with Crippen molar-refractivity contribution in [3.63, 3.8) is 0 Å².